The third-order valence-corrected chi connectivity index (χ3v) is 4.14. The molecular formula is C17H18NO4+. The number of rotatable bonds is 2. The van der Waals surface area contributed by atoms with Gasteiger partial charge in [0.15, 0.2) is 0 Å². The number of carbonyl (C=O) groups excluding carboxylic acids is 1. The number of pyridine rings is 1. The summed E-state index contributed by atoms with van der Waals surface area (Å²) < 4.78 is 11.7. The Morgan fingerprint density at radius 2 is 1.91 bits per heavy atom. The number of aromatic nitrogens is 1. The summed E-state index contributed by atoms with van der Waals surface area (Å²) in [6, 6.07) is 11.1. The molecule has 1 aromatic heterocycles. The molecule has 0 spiro atoms. The van der Waals surface area contributed by atoms with E-state index in [1.807, 2.05) is 44.2 Å². The van der Waals surface area contributed by atoms with Crippen molar-refractivity contribution < 1.29 is 24.2 Å². The molecule has 0 saturated heterocycles. The second-order valence-electron chi connectivity index (χ2n) is 5.90. The van der Waals surface area contributed by atoms with E-state index in [0.717, 1.165) is 15.9 Å². The monoisotopic (exact) mass is 300 g/mol. The molecule has 1 aliphatic heterocycles. The van der Waals surface area contributed by atoms with Crippen LogP contribution in [0.4, 0.5) is 0 Å². The average molecular weight is 300 g/mol. The summed E-state index contributed by atoms with van der Waals surface area (Å²) in [5.41, 5.74) is 0.841. The average Bonchev–Trinajstić information content (AvgIpc) is 2.52. The van der Waals surface area contributed by atoms with Crippen LogP contribution in [0.15, 0.2) is 42.6 Å². The maximum atomic E-state index is 12.3. The second-order valence-corrected chi connectivity index (χ2v) is 5.90. The lowest BCUT2D eigenvalue weighted by Gasteiger charge is -2.35. The molecule has 1 unspecified atom stereocenters. The summed E-state index contributed by atoms with van der Waals surface area (Å²) in [4.78, 5) is 12.3. The molecular weight excluding hydrogens is 282 g/mol. The number of fused-ring (bicyclic) bond motifs is 2. The zero-order chi connectivity index (χ0) is 15.9. The normalized spacial score (nSPS) is 16.2. The number of methoxy groups -OCH3 is 1. The van der Waals surface area contributed by atoms with Crippen LogP contribution < -0.4 is 9.47 Å². The Balaban J connectivity index is 2.26. The van der Waals surface area contributed by atoms with Crippen LogP contribution in [-0.4, -0.2) is 18.3 Å². The SMILES string of the molecule is COC(=O)C(C)(C)C1c2ccccc2Oc2c1ccc[n+]2O. The molecule has 0 fully saturated rings. The number of nitrogens with zero attached hydrogens (tertiary/aromatic N) is 1. The molecule has 22 heavy (non-hydrogen) atoms. The van der Waals surface area contributed by atoms with Gasteiger partial charge in [-0.2, -0.15) is 0 Å². The first kappa shape index (κ1) is 14.4. The first-order chi connectivity index (χ1) is 10.5. The van der Waals surface area contributed by atoms with Crippen LogP contribution in [0.25, 0.3) is 0 Å². The van der Waals surface area contributed by atoms with Crippen molar-refractivity contribution in [3.05, 3.63) is 53.7 Å². The Labute approximate surface area is 128 Å². The van der Waals surface area contributed by atoms with Crippen LogP contribution in [0.1, 0.15) is 30.9 Å². The van der Waals surface area contributed by atoms with Crippen LogP contribution in [-0.2, 0) is 9.53 Å². The highest BCUT2D eigenvalue weighted by Crippen LogP contribution is 2.50. The second kappa shape index (κ2) is 5.02. The number of para-hydroxylation sites is 1. The van der Waals surface area contributed by atoms with Crippen molar-refractivity contribution in [1.29, 1.82) is 0 Å². The highest BCUT2D eigenvalue weighted by atomic mass is 16.6. The molecule has 5 nitrogen and oxygen atoms in total. The fourth-order valence-corrected chi connectivity index (χ4v) is 3.07. The molecule has 0 amide bonds. The Bertz CT molecular complexity index is 739. The Kier molecular flexibility index (Phi) is 3.28. The number of esters is 1. The number of benzene rings is 1. The van der Waals surface area contributed by atoms with Gasteiger partial charge in [-0.3, -0.25) is 10.0 Å². The molecule has 0 aliphatic carbocycles. The van der Waals surface area contributed by atoms with Gasteiger partial charge in [0.2, 0.25) is 6.20 Å². The topological polar surface area (TPSA) is 59.6 Å². The van der Waals surface area contributed by atoms with Crippen molar-refractivity contribution >= 4 is 5.97 Å². The molecule has 0 bridgehead atoms. The fourth-order valence-electron chi connectivity index (χ4n) is 3.07. The van der Waals surface area contributed by atoms with Gasteiger partial charge in [0.05, 0.1) is 18.1 Å². The van der Waals surface area contributed by atoms with Gasteiger partial charge in [0.1, 0.15) is 5.75 Å². The van der Waals surface area contributed by atoms with Gasteiger partial charge in [-0.1, -0.05) is 18.2 Å². The molecule has 1 aromatic carbocycles. The minimum atomic E-state index is -0.808. The largest absolute Gasteiger partial charge is 0.469 e. The molecule has 1 aliphatic rings. The Hall–Kier alpha value is -2.56. The van der Waals surface area contributed by atoms with E-state index in [9.17, 15) is 10.0 Å². The van der Waals surface area contributed by atoms with E-state index in [2.05, 4.69) is 0 Å². The van der Waals surface area contributed by atoms with Crippen molar-refractivity contribution in [1.82, 2.24) is 0 Å². The predicted octanol–water partition coefficient (Wildman–Crippen LogP) is 2.65. The summed E-state index contributed by atoms with van der Waals surface area (Å²) in [6.07, 6.45) is 1.50. The van der Waals surface area contributed by atoms with Crippen LogP contribution in [0, 0.1) is 5.41 Å². The molecule has 3 rings (SSSR count). The Morgan fingerprint density at radius 3 is 2.64 bits per heavy atom. The maximum Gasteiger partial charge on any atom is 0.425 e. The van der Waals surface area contributed by atoms with Crippen LogP contribution in [0.2, 0.25) is 0 Å². The van der Waals surface area contributed by atoms with E-state index in [1.54, 1.807) is 6.07 Å². The van der Waals surface area contributed by atoms with Gasteiger partial charge in [-0.05, 0) is 26.0 Å². The zero-order valence-electron chi connectivity index (χ0n) is 12.7. The summed E-state index contributed by atoms with van der Waals surface area (Å²) in [6.45, 7) is 3.67. The molecule has 1 N–H and O–H groups in total. The minimum absolute atomic E-state index is 0.278. The highest BCUT2D eigenvalue weighted by molar-refractivity contribution is 5.79. The van der Waals surface area contributed by atoms with Crippen molar-refractivity contribution in [2.75, 3.05) is 7.11 Å². The summed E-state index contributed by atoms with van der Waals surface area (Å²) in [5.74, 6) is 0.363. The first-order valence-corrected chi connectivity index (χ1v) is 7.06. The van der Waals surface area contributed by atoms with E-state index in [-0.39, 0.29) is 11.9 Å². The van der Waals surface area contributed by atoms with E-state index in [1.165, 1.54) is 13.3 Å². The molecule has 114 valence electrons. The van der Waals surface area contributed by atoms with Crippen LogP contribution >= 0.6 is 0 Å². The molecule has 0 radical (unpaired) electrons. The van der Waals surface area contributed by atoms with Gasteiger partial charge in [0.25, 0.3) is 0 Å². The first-order valence-electron chi connectivity index (χ1n) is 7.06. The molecule has 5 heteroatoms. The van der Waals surface area contributed by atoms with E-state index < -0.39 is 5.41 Å². The molecule has 1 atom stereocenters. The lowest BCUT2D eigenvalue weighted by molar-refractivity contribution is -0.906. The van der Waals surface area contributed by atoms with E-state index in [4.69, 9.17) is 9.47 Å². The predicted molar refractivity (Wildman–Crippen MR) is 78.0 cm³/mol. The summed E-state index contributed by atoms with van der Waals surface area (Å²) in [7, 11) is 1.38. The quantitative estimate of drug-likeness (QED) is 0.526. The third kappa shape index (κ3) is 2.01. The van der Waals surface area contributed by atoms with Crippen molar-refractivity contribution in [2.45, 2.75) is 19.8 Å². The van der Waals surface area contributed by atoms with Gasteiger partial charge >= 0.3 is 11.8 Å². The van der Waals surface area contributed by atoms with Gasteiger partial charge in [0, 0.05) is 22.3 Å². The molecule has 2 aromatic rings. The van der Waals surface area contributed by atoms with E-state index >= 15 is 0 Å². The fraction of sp³-hybridized carbons (Fsp3) is 0.294. The van der Waals surface area contributed by atoms with Crippen molar-refractivity contribution in [3.63, 3.8) is 0 Å². The minimum Gasteiger partial charge on any atom is -0.469 e. The Morgan fingerprint density at radius 1 is 1.23 bits per heavy atom. The molecule has 2 heterocycles. The number of hydrogen-bond acceptors (Lipinski definition) is 4. The summed E-state index contributed by atoms with van der Waals surface area (Å²) >= 11 is 0. The highest BCUT2D eigenvalue weighted by Gasteiger charge is 2.47. The van der Waals surface area contributed by atoms with Crippen molar-refractivity contribution in [3.8, 4) is 11.6 Å². The number of ether oxygens (including phenoxy) is 2. The zero-order valence-corrected chi connectivity index (χ0v) is 12.7. The lowest BCUT2D eigenvalue weighted by Crippen LogP contribution is -2.39. The third-order valence-electron chi connectivity index (χ3n) is 4.14. The standard InChI is InChI=1S/C17H18NO4/c1-17(2,16(19)21-3)14-11-7-4-5-9-13(11)22-15-12(14)8-6-10-18(15)20/h4-10,14,20H,1-3H3/q+1. The van der Waals surface area contributed by atoms with Gasteiger partial charge in [-0.25, -0.2) is 0 Å². The summed E-state index contributed by atoms with van der Waals surface area (Å²) in [5, 5.41) is 10.0. The van der Waals surface area contributed by atoms with Gasteiger partial charge < -0.3 is 9.47 Å². The van der Waals surface area contributed by atoms with E-state index in [0.29, 0.717) is 11.6 Å². The number of carbonyl (C=O) groups is 1. The van der Waals surface area contributed by atoms with Crippen LogP contribution in [0.5, 0.6) is 11.6 Å². The number of hydrogen-bond donors (Lipinski definition) is 1. The maximum absolute atomic E-state index is 12.3. The molecule has 0 saturated carbocycles. The smallest absolute Gasteiger partial charge is 0.425 e. The van der Waals surface area contributed by atoms with Crippen molar-refractivity contribution in [2.24, 2.45) is 5.41 Å². The lowest BCUT2D eigenvalue weighted by atomic mass is 9.70. The van der Waals surface area contributed by atoms with Gasteiger partial charge in [-0.15, -0.1) is 0 Å². The van der Waals surface area contributed by atoms with Crippen LogP contribution in [0.3, 0.4) is 0 Å².